The van der Waals surface area contributed by atoms with Gasteiger partial charge >= 0.3 is 5.97 Å². The second-order valence-corrected chi connectivity index (χ2v) is 10.2. The van der Waals surface area contributed by atoms with Crippen LogP contribution in [-0.4, -0.2) is 66.2 Å². The number of hydrogen-bond acceptors (Lipinski definition) is 5. The van der Waals surface area contributed by atoms with E-state index in [9.17, 15) is 22.8 Å². The molecule has 0 N–H and O–H groups in total. The van der Waals surface area contributed by atoms with Crippen LogP contribution in [0.1, 0.15) is 56.2 Å². The fourth-order valence-electron chi connectivity index (χ4n) is 5.99. The Bertz CT molecular complexity index is 1070. The summed E-state index contributed by atoms with van der Waals surface area (Å²) in [5.41, 5.74) is 0.0492. The van der Waals surface area contributed by atoms with Crippen molar-refractivity contribution in [1.82, 2.24) is 9.80 Å². The summed E-state index contributed by atoms with van der Waals surface area (Å²) in [5.74, 6) is -4.66. The molecule has 5 rings (SSSR count). The number of carbonyl (C=O) groups is 2. The molecule has 0 bridgehead atoms. The Hall–Kier alpha value is -2.39. The minimum absolute atomic E-state index is 0.0181. The first-order valence-electron chi connectivity index (χ1n) is 12.3. The third kappa shape index (κ3) is 4.37. The number of carbonyl (C=O) groups excluding carboxylic acids is 2. The summed E-state index contributed by atoms with van der Waals surface area (Å²) in [7, 11) is 0. The normalized spacial score (nSPS) is 23.6. The number of nitrogens with zero attached hydrogens (tertiary/aromatic N) is 2. The van der Waals surface area contributed by atoms with E-state index in [2.05, 4.69) is 4.90 Å². The van der Waals surface area contributed by atoms with Crippen molar-refractivity contribution >= 4 is 11.9 Å². The van der Waals surface area contributed by atoms with E-state index in [1.807, 2.05) is 0 Å². The van der Waals surface area contributed by atoms with Crippen molar-refractivity contribution in [2.24, 2.45) is 0 Å². The summed E-state index contributed by atoms with van der Waals surface area (Å²) >= 11 is 0. The zero-order chi connectivity index (χ0) is 25.0. The molecule has 190 valence electrons. The van der Waals surface area contributed by atoms with Gasteiger partial charge in [-0.05, 0) is 49.4 Å². The van der Waals surface area contributed by atoms with Crippen molar-refractivity contribution in [2.75, 3.05) is 32.8 Å². The number of amides is 1. The maximum absolute atomic E-state index is 14.6. The Labute approximate surface area is 203 Å². The van der Waals surface area contributed by atoms with Crippen LogP contribution in [0.4, 0.5) is 13.2 Å². The third-order valence-corrected chi connectivity index (χ3v) is 8.03. The number of esters is 1. The zero-order valence-corrected chi connectivity index (χ0v) is 20.2. The molecular weight excluding hydrogens is 461 g/mol. The van der Waals surface area contributed by atoms with Crippen LogP contribution < -0.4 is 0 Å². The average molecular weight is 493 g/mol. The van der Waals surface area contributed by atoms with Gasteiger partial charge in [-0.15, -0.1) is 0 Å². The molecule has 2 fully saturated rings. The lowest BCUT2D eigenvalue weighted by Crippen LogP contribution is -2.52. The van der Waals surface area contributed by atoms with Gasteiger partial charge in [0.05, 0.1) is 5.57 Å². The summed E-state index contributed by atoms with van der Waals surface area (Å²) in [6.45, 7) is 5.52. The van der Waals surface area contributed by atoms with E-state index in [-0.39, 0.29) is 25.4 Å². The Balaban J connectivity index is 1.37. The maximum Gasteiger partial charge on any atom is 0.335 e. The molecule has 9 heteroatoms. The number of benzene rings is 1. The number of likely N-dealkylation sites (tertiary alicyclic amines) is 1. The van der Waals surface area contributed by atoms with E-state index in [0.717, 1.165) is 39.0 Å². The standard InChI is InChI=1S/C26H31F3N2O4/c1-16-22(26(35-24(16)33)6-9-30(10-7-26)19-4-11-34-12-5-19)23(32)31-8-3-20-17(15-31)13-18(14-21(20)27)25(2,28)29/h13-14,19H,3-12,15H2,1-2H3. The van der Waals surface area contributed by atoms with E-state index in [4.69, 9.17) is 9.47 Å². The van der Waals surface area contributed by atoms with Gasteiger partial charge in [-0.3, -0.25) is 9.69 Å². The predicted molar refractivity (Wildman–Crippen MR) is 121 cm³/mol. The van der Waals surface area contributed by atoms with Crippen molar-refractivity contribution in [2.45, 2.75) is 70.1 Å². The van der Waals surface area contributed by atoms with Crippen molar-refractivity contribution in [3.05, 3.63) is 45.8 Å². The van der Waals surface area contributed by atoms with Crippen molar-refractivity contribution < 1.29 is 32.2 Å². The molecule has 0 radical (unpaired) electrons. The highest BCUT2D eigenvalue weighted by Crippen LogP contribution is 2.43. The Morgan fingerprint density at radius 3 is 2.49 bits per heavy atom. The molecule has 1 aromatic rings. The number of fused-ring (bicyclic) bond motifs is 1. The number of piperidine rings is 1. The van der Waals surface area contributed by atoms with Gasteiger partial charge < -0.3 is 14.4 Å². The SMILES string of the molecule is CC1=C(C(=O)N2CCc3c(F)cc(C(C)(F)F)cc3C2)C2(CCN(C3CCOCC3)CC2)OC1=O. The molecule has 0 atom stereocenters. The molecule has 2 saturated heterocycles. The van der Waals surface area contributed by atoms with E-state index in [0.29, 0.717) is 54.2 Å². The molecule has 4 heterocycles. The average Bonchev–Trinajstić information content (AvgIpc) is 3.07. The van der Waals surface area contributed by atoms with Crippen LogP contribution in [0, 0.1) is 5.82 Å². The number of halogens is 3. The molecule has 0 saturated carbocycles. The van der Waals surface area contributed by atoms with Gasteiger partial charge in [-0.2, -0.15) is 0 Å². The molecule has 0 unspecified atom stereocenters. The van der Waals surface area contributed by atoms with Crippen molar-refractivity contribution in [3.63, 3.8) is 0 Å². The first-order chi connectivity index (χ1) is 16.6. The Kier molecular flexibility index (Phi) is 6.20. The maximum atomic E-state index is 14.6. The van der Waals surface area contributed by atoms with Gasteiger partial charge in [0.15, 0.2) is 0 Å². The van der Waals surface area contributed by atoms with Gasteiger partial charge in [-0.25, -0.2) is 18.0 Å². The molecular formula is C26H31F3N2O4. The molecule has 1 aromatic carbocycles. The van der Waals surface area contributed by atoms with E-state index in [1.54, 1.807) is 6.92 Å². The Morgan fingerprint density at radius 1 is 1.14 bits per heavy atom. The summed E-state index contributed by atoms with van der Waals surface area (Å²) in [5, 5.41) is 0. The van der Waals surface area contributed by atoms with Gasteiger partial charge in [0.25, 0.3) is 11.8 Å². The van der Waals surface area contributed by atoms with Crippen LogP contribution in [0.25, 0.3) is 0 Å². The van der Waals surface area contributed by atoms with E-state index >= 15 is 0 Å². The molecule has 4 aliphatic heterocycles. The first kappa shape index (κ1) is 24.3. The lowest BCUT2D eigenvalue weighted by molar-refractivity contribution is -0.152. The summed E-state index contributed by atoms with van der Waals surface area (Å²) in [6, 6.07) is 2.60. The summed E-state index contributed by atoms with van der Waals surface area (Å²) in [6.07, 6.45) is 3.22. The second-order valence-electron chi connectivity index (χ2n) is 10.2. The summed E-state index contributed by atoms with van der Waals surface area (Å²) < 4.78 is 53.6. The monoisotopic (exact) mass is 492 g/mol. The van der Waals surface area contributed by atoms with Crippen molar-refractivity contribution in [1.29, 1.82) is 0 Å². The Morgan fingerprint density at radius 2 is 1.83 bits per heavy atom. The van der Waals surface area contributed by atoms with Gasteiger partial charge in [0.1, 0.15) is 11.4 Å². The topological polar surface area (TPSA) is 59.1 Å². The van der Waals surface area contributed by atoms with Crippen LogP contribution in [0.2, 0.25) is 0 Å². The van der Waals surface area contributed by atoms with Crippen LogP contribution >= 0.6 is 0 Å². The molecule has 1 amide bonds. The second kappa shape index (κ2) is 8.92. The van der Waals surface area contributed by atoms with Crippen LogP contribution in [-0.2, 0) is 38.0 Å². The molecule has 0 aliphatic carbocycles. The quantitative estimate of drug-likeness (QED) is 0.603. The van der Waals surface area contributed by atoms with Gasteiger partial charge in [0.2, 0.25) is 0 Å². The third-order valence-electron chi connectivity index (χ3n) is 8.03. The van der Waals surface area contributed by atoms with Crippen molar-refractivity contribution in [3.8, 4) is 0 Å². The molecule has 35 heavy (non-hydrogen) atoms. The van der Waals surface area contributed by atoms with Crippen LogP contribution in [0.15, 0.2) is 23.3 Å². The lowest BCUT2D eigenvalue weighted by Gasteiger charge is -2.44. The van der Waals surface area contributed by atoms with E-state index < -0.39 is 28.9 Å². The number of hydrogen-bond donors (Lipinski definition) is 0. The van der Waals surface area contributed by atoms with Gasteiger partial charge in [-0.1, -0.05) is 0 Å². The number of alkyl halides is 2. The number of rotatable bonds is 3. The lowest BCUT2D eigenvalue weighted by atomic mass is 9.81. The minimum atomic E-state index is -3.19. The highest BCUT2D eigenvalue weighted by Gasteiger charge is 2.52. The van der Waals surface area contributed by atoms with Crippen LogP contribution in [0.3, 0.4) is 0 Å². The fourth-order valence-corrected chi connectivity index (χ4v) is 5.99. The molecule has 4 aliphatic rings. The van der Waals surface area contributed by atoms with Crippen LogP contribution in [0.5, 0.6) is 0 Å². The first-order valence-corrected chi connectivity index (χ1v) is 12.3. The smallest absolute Gasteiger partial charge is 0.335 e. The van der Waals surface area contributed by atoms with Gasteiger partial charge in [0, 0.05) is 76.3 Å². The predicted octanol–water partition coefficient (Wildman–Crippen LogP) is 3.71. The summed E-state index contributed by atoms with van der Waals surface area (Å²) in [4.78, 5) is 30.3. The molecule has 6 nitrogen and oxygen atoms in total. The highest BCUT2D eigenvalue weighted by atomic mass is 19.3. The molecule has 1 spiro atoms. The minimum Gasteiger partial charge on any atom is -0.450 e. The van der Waals surface area contributed by atoms with E-state index in [1.165, 1.54) is 11.0 Å². The highest BCUT2D eigenvalue weighted by molar-refractivity contribution is 6.07. The number of ether oxygens (including phenoxy) is 2. The molecule has 0 aromatic heterocycles. The fraction of sp³-hybridized carbons (Fsp3) is 0.615. The zero-order valence-electron chi connectivity index (χ0n) is 20.2. The largest absolute Gasteiger partial charge is 0.450 e.